The van der Waals surface area contributed by atoms with Gasteiger partial charge in [0.15, 0.2) is 0 Å². The van der Waals surface area contributed by atoms with E-state index < -0.39 is 0 Å². The number of nitrogens with one attached hydrogen (secondary N) is 1. The highest BCUT2D eigenvalue weighted by atomic mass is 19.1. The molecule has 2 aliphatic rings. The van der Waals surface area contributed by atoms with Crippen LogP contribution in [-0.4, -0.2) is 49.2 Å². The number of rotatable bonds is 6. The summed E-state index contributed by atoms with van der Waals surface area (Å²) >= 11 is 0. The van der Waals surface area contributed by atoms with E-state index in [0.29, 0.717) is 44.2 Å². The van der Waals surface area contributed by atoms with E-state index in [1.54, 1.807) is 6.07 Å². The van der Waals surface area contributed by atoms with Gasteiger partial charge in [-0.3, -0.25) is 4.79 Å². The molecule has 1 heterocycles. The molecular weight excluding hydrogens is 307 g/mol. The molecule has 0 spiro atoms. The summed E-state index contributed by atoms with van der Waals surface area (Å²) in [5.74, 6) is -0.0140. The van der Waals surface area contributed by atoms with Crippen LogP contribution >= 0.6 is 0 Å². The summed E-state index contributed by atoms with van der Waals surface area (Å²) in [5.41, 5.74) is 0.687. The zero-order chi connectivity index (χ0) is 16.8. The first kappa shape index (κ1) is 17.4. The largest absolute Gasteiger partial charge is 0.378 e. The lowest BCUT2D eigenvalue weighted by atomic mass is 10.1. The molecule has 0 radical (unpaired) electrons. The quantitative estimate of drug-likeness (QED) is 0.869. The molecule has 1 aliphatic heterocycles. The maximum Gasteiger partial charge on any atom is 0.224 e. The van der Waals surface area contributed by atoms with Gasteiger partial charge in [-0.05, 0) is 30.9 Å². The van der Waals surface area contributed by atoms with Crippen molar-refractivity contribution in [3.05, 3.63) is 35.6 Å². The van der Waals surface area contributed by atoms with Gasteiger partial charge < -0.3 is 15.0 Å². The maximum atomic E-state index is 13.9. The van der Waals surface area contributed by atoms with Gasteiger partial charge in [0.1, 0.15) is 5.82 Å². The molecule has 0 bridgehead atoms. The van der Waals surface area contributed by atoms with Crippen LogP contribution in [0.15, 0.2) is 24.3 Å². The Labute approximate surface area is 143 Å². The fraction of sp³-hybridized carbons (Fsp3) is 0.632. The van der Waals surface area contributed by atoms with Crippen LogP contribution in [0.2, 0.25) is 0 Å². The molecule has 1 amide bonds. The van der Waals surface area contributed by atoms with Gasteiger partial charge in [0.05, 0.1) is 13.2 Å². The SMILES string of the molecule is O=C(CC1COCCN1)N(CCc1ccccc1F)C1CCCC1. The Morgan fingerprint density at radius 2 is 2.08 bits per heavy atom. The van der Waals surface area contributed by atoms with Crippen molar-refractivity contribution in [1.82, 2.24) is 10.2 Å². The monoisotopic (exact) mass is 334 g/mol. The molecule has 1 aromatic carbocycles. The summed E-state index contributed by atoms with van der Waals surface area (Å²) in [4.78, 5) is 14.8. The summed E-state index contributed by atoms with van der Waals surface area (Å²) < 4.78 is 19.3. The Bertz CT molecular complexity index is 540. The first-order valence-electron chi connectivity index (χ1n) is 9.08. The predicted molar refractivity (Wildman–Crippen MR) is 91.3 cm³/mol. The van der Waals surface area contributed by atoms with Gasteiger partial charge in [0.25, 0.3) is 0 Å². The highest BCUT2D eigenvalue weighted by Gasteiger charge is 2.28. The molecular formula is C19H27FN2O2. The normalized spacial score (nSPS) is 21.8. The number of amides is 1. The zero-order valence-electron chi connectivity index (χ0n) is 14.2. The van der Waals surface area contributed by atoms with Crippen molar-refractivity contribution < 1.29 is 13.9 Å². The minimum atomic E-state index is -0.182. The van der Waals surface area contributed by atoms with E-state index in [2.05, 4.69) is 5.32 Å². The van der Waals surface area contributed by atoms with Gasteiger partial charge in [0.2, 0.25) is 5.91 Å². The summed E-state index contributed by atoms with van der Waals surface area (Å²) in [5, 5.41) is 3.35. The Hall–Kier alpha value is -1.46. The predicted octanol–water partition coefficient (Wildman–Crippen LogP) is 2.52. The average molecular weight is 334 g/mol. The molecule has 24 heavy (non-hydrogen) atoms. The van der Waals surface area contributed by atoms with Crippen molar-refractivity contribution in [2.75, 3.05) is 26.3 Å². The third-order valence-corrected chi connectivity index (χ3v) is 5.09. The third kappa shape index (κ3) is 4.54. The molecule has 5 heteroatoms. The summed E-state index contributed by atoms with van der Waals surface area (Å²) in [6.45, 7) is 2.70. The van der Waals surface area contributed by atoms with E-state index >= 15 is 0 Å². The number of ether oxygens (including phenoxy) is 1. The second-order valence-electron chi connectivity index (χ2n) is 6.80. The van der Waals surface area contributed by atoms with Gasteiger partial charge in [-0.1, -0.05) is 31.0 Å². The molecule has 4 nitrogen and oxygen atoms in total. The number of morpholine rings is 1. The van der Waals surface area contributed by atoms with Crippen LogP contribution in [-0.2, 0) is 16.0 Å². The second-order valence-corrected chi connectivity index (χ2v) is 6.80. The molecule has 2 fully saturated rings. The highest BCUT2D eigenvalue weighted by Crippen LogP contribution is 2.25. The van der Waals surface area contributed by atoms with E-state index in [9.17, 15) is 9.18 Å². The molecule has 132 valence electrons. The maximum absolute atomic E-state index is 13.9. The summed E-state index contributed by atoms with van der Waals surface area (Å²) in [6, 6.07) is 7.26. The van der Waals surface area contributed by atoms with Crippen LogP contribution < -0.4 is 5.32 Å². The standard InChI is InChI=1S/C19H27FN2O2/c20-18-8-4-1-5-15(18)9-11-22(17-6-2-3-7-17)19(23)13-16-14-24-12-10-21-16/h1,4-5,8,16-17,21H,2-3,6-7,9-14H2. The van der Waals surface area contributed by atoms with Crippen LogP contribution in [0.5, 0.6) is 0 Å². The van der Waals surface area contributed by atoms with Gasteiger partial charge in [-0.25, -0.2) is 4.39 Å². The van der Waals surface area contributed by atoms with Crippen molar-refractivity contribution in [1.29, 1.82) is 0 Å². The van der Waals surface area contributed by atoms with Crippen LogP contribution in [0, 0.1) is 5.82 Å². The van der Waals surface area contributed by atoms with Crippen molar-refractivity contribution in [2.24, 2.45) is 0 Å². The molecule has 1 saturated heterocycles. The van der Waals surface area contributed by atoms with Crippen LogP contribution in [0.4, 0.5) is 4.39 Å². The van der Waals surface area contributed by atoms with Gasteiger partial charge in [-0.2, -0.15) is 0 Å². The van der Waals surface area contributed by atoms with Crippen LogP contribution in [0.3, 0.4) is 0 Å². The fourth-order valence-corrected chi connectivity index (χ4v) is 3.75. The van der Waals surface area contributed by atoms with E-state index in [1.807, 2.05) is 17.0 Å². The molecule has 1 atom stereocenters. The first-order chi connectivity index (χ1) is 11.7. The minimum Gasteiger partial charge on any atom is -0.378 e. The zero-order valence-corrected chi connectivity index (χ0v) is 14.2. The lowest BCUT2D eigenvalue weighted by Gasteiger charge is -2.32. The Balaban J connectivity index is 1.62. The van der Waals surface area contributed by atoms with Gasteiger partial charge >= 0.3 is 0 Å². The fourth-order valence-electron chi connectivity index (χ4n) is 3.75. The van der Waals surface area contributed by atoms with Crippen LogP contribution in [0.25, 0.3) is 0 Å². The first-order valence-corrected chi connectivity index (χ1v) is 9.08. The number of carbonyl (C=O) groups excluding carboxylic acids is 1. The number of hydrogen-bond donors (Lipinski definition) is 1. The highest BCUT2D eigenvalue weighted by molar-refractivity contribution is 5.77. The van der Waals surface area contributed by atoms with E-state index in [-0.39, 0.29) is 17.8 Å². The van der Waals surface area contributed by atoms with Crippen molar-refractivity contribution in [3.63, 3.8) is 0 Å². The molecule has 3 rings (SSSR count). The van der Waals surface area contributed by atoms with E-state index in [1.165, 1.54) is 18.9 Å². The minimum absolute atomic E-state index is 0.101. The topological polar surface area (TPSA) is 41.6 Å². The van der Waals surface area contributed by atoms with E-state index in [0.717, 1.165) is 19.4 Å². The third-order valence-electron chi connectivity index (χ3n) is 5.09. The molecule has 1 N–H and O–H groups in total. The molecule has 0 aromatic heterocycles. The number of halogens is 1. The van der Waals surface area contributed by atoms with Crippen LogP contribution in [0.1, 0.15) is 37.7 Å². The van der Waals surface area contributed by atoms with E-state index in [4.69, 9.17) is 4.74 Å². The van der Waals surface area contributed by atoms with Gasteiger partial charge in [0, 0.05) is 31.6 Å². The Morgan fingerprint density at radius 1 is 1.29 bits per heavy atom. The average Bonchev–Trinajstić information content (AvgIpc) is 3.12. The number of hydrogen-bond acceptors (Lipinski definition) is 3. The molecule has 1 unspecified atom stereocenters. The van der Waals surface area contributed by atoms with Crippen molar-refractivity contribution >= 4 is 5.91 Å². The molecule has 1 saturated carbocycles. The van der Waals surface area contributed by atoms with Crippen molar-refractivity contribution in [2.45, 2.75) is 50.6 Å². The molecule has 1 aromatic rings. The lowest BCUT2D eigenvalue weighted by Crippen LogP contribution is -2.47. The number of benzene rings is 1. The number of carbonyl (C=O) groups is 1. The number of nitrogens with zero attached hydrogens (tertiary/aromatic N) is 1. The summed E-state index contributed by atoms with van der Waals surface area (Å²) in [6.07, 6.45) is 5.53. The van der Waals surface area contributed by atoms with Crippen molar-refractivity contribution in [3.8, 4) is 0 Å². The summed E-state index contributed by atoms with van der Waals surface area (Å²) in [7, 11) is 0. The van der Waals surface area contributed by atoms with Gasteiger partial charge in [-0.15, -0.1) is 0 Å². The Morgan fingerprint density at radius 3 is 2.79 bits per heavy atom. The second kappa shape index (κ2) is 8.58. The smallest absolute Gasteiger partial charge is 0.224 e. The molecule has 1 aliphatic carbocycles. The lowest BCUT2D eigenvalue weighted by molar-refractivity contribution is -0.134. The Kier molecular flexibility index (Phi) is 6.21.